The fraction of sp³-hybridized carbons (Fsp3) is 0.562. The molecule has 1 aliphatic carbocycles. The first kappa shape index (κ1) is 12.2. The highest BCUT2D eigenvalue weighted by atomic mass is 14.3. The van der Waals surface area contributed by atoms with Crippen molar-refractivity contribution in [2.45, 2.75) is 51.4 Å². The largest absolute Gasteiger partial charge is 0.198 e. The van der Waals surface area contributed by atoms with E-state index in [4.69, 9.17) is 5.26 Å². The molecule has 90 valence electrons. The molecule has 0 atom stereocenters. The van der Waals surface area contributed by atoms with E-state index < -0.39 is 0 Å². The quantitative estimate of drug-likeness (QED) is 0.749. The van der Waals surface area contributed by atoms with Gasteiger partial charge in [0.1, 0.15) is 0 Å². The summed E-state index contributed by atoms with van der Waals surface area (Å²) in [7, 11) is 0. The van der Waals surface area contributed by atoms with Crippen molar-refractivity contribution in [3.05, 3.63) is 35.4 Å². The van der Waals surface area contributed by atoms with E-state index in [2.05, 4.69) is 37.3 Å². The van der Waals surface area contributed by atoms with Gasteiger partial charge in [-0.1, -0.05) is 37.6 Å². The standard InChI is InChI=1S/C16H21N/c1-2-13-3-7-15(8-4-13)16-9-5-14(6-10-16)11-12-17/h5-6,9-10,13,15H,2-4,7-8,11H2,1H3/t13-,15-. The molecule has 1 aromatic rings. The van der Waals surface area contributed by atoms with Crippen LogP contribution >= 0.6 is 0 Å². The Hall–Kier alpha value is -1.29. The third-order valence-corrected chi connectivity index (χ3v) is 4.16. The summed E-state index contributed by atoms with van der Waals surface area (Å²) < 4.78 is 0. The fourth-order valence-electron chi connectivity index (χ4n) is 2.90. The Morgan fingerprint density at radius 1 is 1.12 bits per heavy atom. The summed E-state index contributed by atoms with van der Waals surface area (Å²) in [5, 5.41) is 8.64. The van der Waals surface area contributed by atoms with Crippen molar-refractivity contribution in [1.29, 1.82) is 5.26 Å². The zero-order valence-electron chi connectivity index (χ0n) is 10.7. The van der Waals surface area contributed by atoms with Crippen LogP contribution in [0.2, 0.25) is 0 Å². The normalized spacial score (nSPS) is 24.2. The van der Waals surface area contributed by atoms with Crippen molar-refractivity contribution in [3.63, 3.8) is 0 Å². The van der Waals surface area contributed by atoms with Crippen LogP contribution in [0.25, 0.3) is 0 Å². The molecule has 1 aliphatic rings. The van der Waals surface area contributed by atoms with Crippen LogP contribution in [0, 0.1) is 17.2 Å². The molecule has 1 aromatic carbocycles. The molecule has 0 saturated heterocycles. The third kappa shape index (κ3) is 3.09. The first-order chi connectivity index (χ1) is 8.33. The Morgan fingerprint density at radius 2 is 1.76 bits per heavy atom. The topological polar surface area (TPSA) is 23.8 Å². The number of hydrogen-bond donors (Lipinski definition) is 0. The Labute approximate surface area is 104 Å². The van der Waals surface area contributed by atoms with Gasteiger partial charge in [0, 0.05) is 0 Å². The smallest absolute Gasteiger partial charge is 0.0669 e. The van der Waals surface area contributed by atoms with Crippen LogP contribution < -0.4 is 0 Å². The maximum Gasteiger partial charge on any atom is 0.0669 e. The summed E-state index contributed by atoms with van der Waals surface area (Å²) >= 11 is 0. The molecule has 0 radical (unpaired) electrons. The lowest BCUT2D eigenvalue weighted by Gasteiger charge is -2.28. The van der Waals surface area contributed by atoms with E-state index in [-0.39, 0.29) is 0 Å². The van der Waals surface area contributed by atoms with Crippen molar-refractivity contribution in [1.82, 2.24) is 0 Å². The predicted molar refractivity (Wildman–Crippen MR) is 70.7 cm³/mol. The summed E-state index contributed by atoms with van der Waals surface area (Å²) in [4.78, 5) is 0. The van der Waals surface area contributed by atoms with Gasteiger partial charge >= 0.3 is 0 Å². The van der Waals surface area contributed by atoms with Crippen LogP contribution in [0.4, 0.5) is 0 Å². The number of rotatable bonds is 3. The van der Waals surface area contributed by atoms with Crippen LogP contribution in [0.1, 0.15) is 56.1 Å². The molecule has 1 heteroatoms. The number of nitrogens with zero attached hydrogens (tertiary/aromatic N) is 1. The van der Waals surface area contributed by atoms with E-state index in [1.807, 2.05) is 0 Å². The van der Waals surface area contributed by atoms with Crippen molar-refractivity contribution in [2.24, 2.45) is 5.92 Å². The molecular formula is C16H21N. The second-order valence-electron chi connectivity index (χ2n) is 5.20. The Kier molecular flexibility index (Phi) is 4.20. The van der Waals surface area contributed by atoms with Gasteiger partial charge in [-0.15, -0.1) is 0 Å². The lowest BCUT2D eigenvalue weighted by Crippen LogP contribution is -2.12. The summed E-state index contributed by atoms with van der Waals surface area (Å²) in [6.45, 7) is 2.31. The van der Waals surface area contributed by atoms with E-state index in [9.17, 15) is 0 Å². The molecule has 0 heterocycles. The first-order valence-electron chi connectivity index (χ1n) is 6.79. The van der Waals surface area contributed by atoms with E-state index in [0.29, 0.717) is 6.42 Å². The van der Waals surface area contributed by atoms with E-state index in [0.717, 1.165) is 17.4 Å². The molecule has 0 bridgehead atoms. The number of nitriles is 1. The zero-order chi connectivity index (χ0) is 12.1. The van der Waals surface area contributed by atoms with Gasteiger partial charge in [0.25, 0.3) is 0 Å². The van der Waals surface area contributed by atoms with Gasteiger partial charge in [-0.05, 0) is 48.6 Å². The Bertz CT molecular complexity index is 377. The average molecular weight is 227 g/mol. The highest BCUT2D eigenvalue weighted by Crippen LogP contribution is 2.36. The number of benzene rings is 1. The lowest BCUT2D eigenvalue weighted by atomic mass is 9.78. The highest BCUT2D eigenvalue weighted by molar-refractivity contribution is 5.27. The van der Waals surface area contributed by atoms with Crippen LogP contribution in [0.5, 0.6) is 0 Å². The predicted octanol–water partition coefficient (Wildman–Crippen LogP) is 4.44. The lowest BCUT2D eigenvalue weighted by molar-refractivity contribution is 0.319. The molecule has 0 aliphatic heterocycles. The van der Waals surface area contributed by atoms with Gasteiger partial charge in [0.2, 0.25) is 0 Å². The van der Waals surface area contributed by atoms with E-state index >= 15 is 0 Å². The summed E-state index contributed by atoms with van der Waals surface area (Å²) in [5.74, 6) is 1.72. The maximum absolute atomic E-state index is 8.64. The molecule has 0 spiro atoms. The molecular weight excluding hydrogens is 206 g/mol. The number of hydrogen-bond acceptors (Lipinski definition) is 1. The van der Waals surface area contributed by atoms with Gasteiger partial charge in [0.05, 0.1) is 12.5 Å². The minimum absolute atomic E-state index is 0.531. The van der Waals surface area contributed by atoms with Gasteiger partial charge in [-0.3, -0.25) is 0 Å². The first-order valence-corrected chi connectivity index (χ1v) is 6.79. The molecule has 2 rings (SSSR count). The van der Waals surface area contributed by atoms with Gasteiger partial charge < -0.3 is 0 Å². The third-order valence-electron chi connectivity index (χ3n) is 4.16. The average Bonchev–Trinajstić information content (AvgIpc) is 2.40. The van der Waals surface area contributed by atoms with E-state index in [1.54, 1.807) is 0 Å². The second-order valence-corrected chi connectivity index (χ2v) is 5.20. The van der Waals surface area contributed by atoms with Crippen molar-refractivity contribution in [2.75, 3.05) is 0 Å². The van der Waals surface area contributed by atoms with Crippen molar-refractivity contribution >= 4 is 0 Å². The van der Waals surface area contributed by atoms with Crippen LogP contribution in [0.3, 0.4) is 0 Å². The van der Waals surface area contributed by atoms with Gasteiger partial charge in [0.15, 0.2) is 0 Å². The monoisotopic (exact) mass is 227 g/mol. The SMILES string of the molecule is CC[C@H]1CC[C@H](c2ccc(CC#N)cc2)CC1. The Balaban J connectivity index is 1.97. The maximum atomic E-state index is 8.64. The van der Waals surface area contributed by atoms with Crippen LogP contribution in [0.15, 0.2) is 24.3 Å². The van der Waals surface area contributed by atoms with Crippen LogP contribution in [-0.4, -0.2) is 0 Å². The van der Waals surface area contributed by atoms with Gasteiger partial charge in [-0.25, -0.2) is 0 Å². The highest BCUT2D eigenvalue weighted by Gasteiger charge is 2.20. The van der Waals surface area contributed by atoms with E-state index in [1.165, 1.54) is 37.7 Å². The molecule has 0 aromatic heterocycles. The fourth-order valence-corrected chi connectivity index (χ4v) is 2.90. The van der Waals surface area contributed by atoms with Crippen molar-refractivity contribution in [3.8, 4) is 6.07 Å². The minimum atomic E-state index is 0.531. The molecule has 1 nitrogen and oxygen atoms in total. The summed E-state index contributed by atoms with van der Waals surface area (Å²) in [6, 6.07) is 10.9. The second kappa shape index (κ2) is 5.87. The van der Waals surface area contributed by atoms with Crippen LogP contribution in [-0.2, 0) is 6.42 Å². The molecule has 0 amide bonds. The minimum Gasteiger partial charge on any atom is -0.198 e. The van der Waals surface area contributed by atoms with Crippen molar-refractivity contribution < 1.29 is 0 Å². The molecule has 17 heavy (non-hydrogen) atoms. The molecule has 1 fully saturated rings. The molecule has 1 saturated carbocycles. The summed E-state index contributed by atoms with van der Waals surface area (Å²) in [5.41, 5.74) is 2.61. The zero-order valence-corrected chi connectivity index (χ0v) is 10.7. The molecule has 0 N–H and O–H groups in total. The summed E-state index contributed by atoms with van der Waals surface area (Å²) in [6.07, 6.45) is 7.34. The Morgan fingerprint density at radius 3 is 2.29 bits per heavy atom. The van der Waals surface area contributed by atoms with Gasteiger partial charge in [-0.2, -0.15) is 5.26 Å². The molecule has 0 unspecified atom stereocenters.